The van der Waals surface area contributed by atoms with E-state index < -0.39 is 5.60 Å². The summed E-state index contributed by atoms with van der Waals surface area (Å²) in [5.41, 5.74) is -0.281. The van der Waals surface area contributed by atoms with Crippen molar-refractivity contribution in [3.8, 4) is 0 Å². The van der Waals surface area contributed by atoms with Crippen LogP contribution in [0.5, 0.6) is 0 Å². The molecule has 30 heavy (non-hydrogen) atoms. The fourth-order valence-corrected chi connectivity index (χ4v) is 6.83. The first-order valence-electron chi connectivity index (χ1n) is 11.7. The molecule has 0 radical (unpaired) electrons. The summed E-state index contributed by atoms with van der Waals surface area (Å²) in [5, 5.41) is 9.61. The first-order valence-corrected chi connectivity index (χ1v) is 11.7. The Labute approximate surface area is 179 Å². The molecule has 0 amide bonds. The summed E-state index contributed by atoms with van der Waals surface area (Å²) in [6, 6.07) is 0. The molecule has 1 N–H and O–H groups in total. The molecule has 0 spiro atoms. The van der Waals surface area contributed by atoms with Crippen molar-refractivity contribution in [2.75, 3.05) is 6.61 Å². The van der Waals surface area contributed by atoms with E-state index >= 15 is 0 Å². The minimum atomic E-state index is -0.427. The number of aliphatic hydroxyl groups excluding tert-OH is 1. The largest absolute Gasteiger partial charge is 0.461 e. The van der Waals surface area contributed by atoms with Gasteiger partial charge in [-0.2, -0.15) is 0 Å². The molecule has 0 aliphatic heterocycles. The highest BCUT2D eigenvalue weighted by atomic mass is 16.6. The Balaban J connectivity index is 1.38. The molecule has 2 unspecified atom stereocenters. The number of ether oxygens (including phenoxy) is 3. The number of carbonyl (C=O) groups is 2. The molecule has 0 saturated heterocycles. The van der Waals surface area contributed by atoms with Crippen LogP contribution in [0.1, 0.15) is 78.1 Å². The number of hydrogen-bond acceptors (Lipinski definition) is 6. The summed E-state index contributed by atoms with van der Waals surface area (Å²) in [6.45, 7) is 7.55. The monoisotopic (exact) mass is 420 g/mol. The lowest BCUT2D eigenvalue weighted by atomic mass is 9.47. The fourth-order valence-electron chi connectivity index (χ4n) is 6.83. The van der Waals surface area contributed by atoms with E-state index in [1.807, 2.05) is 0 Å². The molecule has 5 aliphatic carbocycles. The van der Waals surface area contributed by atoms with Crippen molar-refractivity contribution in [2.24, 2.45) is 17.8 Å². The normalized spacial score (nSPS) is 42.0. The number of hydrogen-bond donors (Lipinski definition) is 1. The molecule has 4 bridgehead atoms. The Morgan fingerprint density at radius 2 is 1.70 bits per heavy atom. The van der Waals surface area contributed by atoms with Crippen LogP contribution in [-0.4, -0.2) is 47.1 Å². The Hall–Kier alpha value is -1.40. The molecular weight excluding hydrogens is 384 g/mol. The zero-order valence-electron chi connectivity index (χ0n) is 18.4. The minimum Gasteiger partial charge on any atom is -0.461 e. The first-order chi connectivity index (χ1) is 14.2. The molecule has 5 aliphatic rings. The van der Waals surface area contributed by atoms with Gasteiger partial charge >= 0.3 is 11.9 Å². The van der Waals surface area contributed by atoms with Crippen LogP contribution >= 0.6 is 0 Å². The number of rotatable bonds is 7. The Morgan fingerprint density at radius 3 is 2.27 bits per heavy atom. The van der Waals surface area contributed by atoms with E-state index in [2.05, 4.69) is 13.5 Å². The van der Waals surface area contributed by atoms with Crippen LogP contribution in [0.15, 0.2) is 12.2 Å². The van der Waals surface area contributed by atoms with Gasteiger partial charge in [0.05, 0.1) is 11.7 Å². The quantitative estimate of drug-likeness (QED) is 0.500. The summed E-state index contributed by atoms with van der Waals surface area (Å²) in [5.74, 6) is 0.519. The molecule has 168 valence electrons. The SMILES string of the molecule is C=C(C)C(=O)OC1(CC)C2CC3CC1CC(OCC(=O)OC1CCC(O)CC1)(C3)C2. The maximum Gasteiger partial charge on any atom is 0.333 e. The van der Waals surface area contributed by atoms with Gasteiger partial charge in [-0.05, 0) is 77.0 Å². The van der Waals surface area contributed by atoms with Gasteiger partial charge in [-0.3, -0.25) is 0 Å². The third-order valence-electron chi connectivity index (χ3n) is 8.14. The maximum atomic E-state index is 12.4. The van der Waals surface area contributed by atoms with Gasteiger partial charge < -0.3 is 19.3 Å². The van der Waals surface area contributed by atoms with E-state index in [1.54, 1.807) is 6.92 Å². The molecule has 6 heteroatoms. The van der Waals surface area contributed by atoms with Crippen LogP contribution in [0.2, 0.25) is 0 Å². The van der Waals surface area contributed by atoms with Gasteiger partial charge in [-0.1, -0.05) is 13.5 Å². The van der Waals surface area contributed by atoms with Gasteiger partial charge in [0.1, 0.15) is 18.3 Å². The van der Waals surface area contributed by atoms with Crippen LogP contribution in [0, 0.1) is 17.8 Å². The molecule has 0 aromatic rings. The second-order valence-corrected chi connectivity index (χ2v) is 10.2. The predicted molar refractivity (Wildman–Crippen MR) is 111 cm³/mol. The van der Waals surface area contributed by atoms with Crippen molar-refractivity contribution in [3.05, 3.63) is 12.2 Å². The van der Waals surface area contributed by atoms with Crippen molar-refractivity contribution in [1.29, 1.82) is 0 Å². The molecule has 5 saturated carbocycles. The van der Waals surface area contributed by atoms with Crippen molar-refractivity contribution >= 4 is 11.9 Å². The molecule has 6 nitrogen and oxygen atoms in total. The summed E-state index contributed by atoms with van der Waals surface area (Å²) in [7, 11) is 0. The zero-order chi connectivity index (χ0) is 21.5. The highest BCUT2D eigenvalue weighted by molar-refractivity contribution is 5.87. The van der Waals surface area contributed by atoms with Crippen LogP contribution in [0.4, 0.5) is 0 Å². The highest BCUT2D eigenvalue weighted by Gasteiger charge is 2.64. The van der Waals surface area contributed by atoms with Crippen LogP contribution in [-0.2, 0) is 23.8 Å². The Kier molecular flexibility index (Phi) is 6.01. The Morgan fingerprint density at radius 1 is 1.07 bits per heavy atom. The van der Waals surface area contributed by atoms with Gasteiger partial charge in [0.2, 0.25) is 0 Å². The van der Waals surface area contributed by atoms with E-state index in [0.717, 1.165) is 51.4 Å². The van der Waals surface area contributed by atoms with Gasteiger partial charge in [-0.25, -0.2) is 9.59 Å². The van der Waals surface area contributed by atoms with Gasteiger partial charge in [0, 0.05) is 17.4 Å². The van der Waals surface area contributed by atoms with Gasteiger partial charge in [-0.15, -0.1) is 0 Å². The third kappa shape index (κ3) is 4.05. The summed E-state index contributed by atoms with van der Waals surface area (Å²) in [6.07, 6.45) is 8.04. The zero-order valence-corrected chi connectivity index (χ0v) is 18.4. The Bertz CT molecular complexity index is 676. The molecule has 0 aromatic carbocycles. The lowest BCUT2D eigenvalue weighted by Gasteiger charge is -2.63. The highest BCUT2D eigenvalue weighted by Crippen LogP contribution is 2.63. The van der Waals surface area contributed by atoms with E-state index in [0.29, 0.717) is 24.3 Å². The predicted octanol–water partition coefficient (Wildman–Crippen LogP) is 3.70. The van der Waals surface area contributed by atoms with Gasteiger partial charge in [0.25, 0.3) is 0 Å². The molecule has 5 fully saturated rings. The third-order valence-corrected chi connectivity index (χ3v) is 8.14. The lowest BCUT2D eigenvalue weighted by molar-refractivity contribution is -0.253. The van der Waals surface area contributed by atoms with E-state index in [1.165, 1.54) is 0 Å². The number of carbonyl (C=O) groups excluding carboxylic acids is 2. The van der Waals surface area contributed by atoms with Crippen molar-refractivity contribution < 1.29 is 28.9 Å². The van der Waals surface area contributed by atoms with Crippen molar-refractivity contribution in [3.63, 3.8) is 0 Å². The molecule has 0 aromatic heterocycles. The van der Waals surface area contributed by atoms with Crippen LogP contribution < -0.4 is 0 Å². The van der Waals surface area contributed by atoms with E-state index in [9.17, 15) is 14.7 Å². The molecule has 0 heterocycles. The van der Waals surface area contributed by atoms with Crippen LogP contribution in [0.3, 0.4) is 0 Å². The number of esters is 2. The van der Waals surface area contributed by atoms with E-state index in [-0.39, 0.29) is 48.2 Å². The lowest BCUT2D eigenvalue weighted by Crippen LogP contribution is -2.65. The summed E-state index contributed by atoms with van der Waals surface area (Å²) >= 11 is 0. The maximum absolute atomic E-state index is 12.4. The minimum absolute atomic E-state index is 0.0180. The van der Waals surface area contributed by atoms with Gasteiger partial charge in [0.15, 0.2) is 0 Å². The molecule has 5 rings (SSSR count). The van der Waals surface area contributed by atoms with Crippen molar-refractivity contribution in [1.82, 2.24) is 0 Å². The molecular formula is C24H36O6. The average molecular weight is 421 g/mol. The summed E-state index contributed by atoms with van der Waals surface area (Å²) < 4.78 is 18.0. The first kappa shape index (κ1) is 21.8. The van der Waals surface area contributed by atoms with E-state index in [4.69, 9.17) is 14.2 Å². The second kappa shape index (κ2) is 8.27. The standard InChI is InChI=1S/C24H36O6/c1-4-24(30-22(27)15(2)3)17-9-16-10-18(24)13-23(11-16,12-17)28-14-21(26)29-20-7-5-19(25)6-8-20/h16-20,25H,2,4-14H2,1,3H3. The number of aliphatic hydroxyl groups is 1. The molecule has 2 atom stereocenters. The second-order valence-electron chi connectivity index (χ2n) is 10.2. The fraction of sp³-hybridized carbons (Fsp3) is 0.833. The summed E-state index contributed by atoms with van der Waals surface area (Å²) in [4.78, 5) is 24.8. The van der Waals surface area contributed by atoms with Crippen molar-refractivity contribution in [2.45, 2.75) is 101 Å². The smallest absolute Gasteiger partial charge is 0.333 e. The van der Waals surface area contributed by atoms with Crippen LogP contribution in [0.25, 0.3) is 0 Å². The average Bonchev–Trinajstić information content (AvgIpc) is 2.70. The topological polar surface area (TPSA) is 82.1 Å².